The Bertz CT molecular complexity index is 1070. The number of alkyl halides is 3. The van der Waals surface area contributed by atoms with Crippen molar-refractivity contribution in [2.75, 3.05) is 0 Å². The summed E-state index contributed by atoms with van der Waals surface area (Å²) in [5.41, 5.74) is 1.23. The fourth-order valence-electron chi connectivity index (χ4n) is 3.04. The Morgan fingerprint density at radius 2 is 1.35 bits per heavy atom. The van der Waals surface area contributed by atoms with Crippen LogP contribution in [0.5, 0.6) is 0 Å². The van der Waals surface area contributed by atoms with E-state index in [-0.39, 0.29) is 5.56 Å². The molecular weight excluding hydrogens is 335 g/mol. The first-order valence-corrected chi connectivity index (χ1v) is 8.14. The summed E-state index contributed by atoms with van der Waals surface area (Å²) >= 11 is 0. The average molecular weight is 349 g/mol. The van der Waals surface area contributed by atoms with Gasteiger partial charge in [0.25, 0.3) is 0 Å². The zero-order valence-electron chi connectivity index (χ0n) is 13.7. The third-order valence-corrected chi connectivity index (χ3v) is 4.34. The first kappa shape index (κ1) is 16.3. The van der Waals surface area contributed by atoms with E-state index >= 15 is 0 Å². The summed E-state index contributed by atoms with van der Waals surface area (Å²) in [7, 11) is 0. The van der Waals surface area contributed by atoms with Gasteiger partial charge in [-0.05, 0) is 34.0 Å². The molecule has 0 amide bonds. The van der Waals surface area contributed by atoms with E-state index in [9.17, 15) is 13.2 Å². The van der Waals surface area contributed by atoms with Crippen molar-refractivity contribution in [2.45, 2.75) is 6.18 Å². The fraction of sp³-hybridized carbons (Fsp3) is 0.0455. The van der Waals surface area contributed by atoms with Crippen LogP contribution in [-0.2, 0) is 6.18 Å². The highest BCUT2D eigenvalue weighted by atomic mass is 19.4. The minimum Gasteiger partial charge on any atom is -0.256 e. The summed E-state index contributed by atoms with van der Waals surface area (Å²) in [6.45, 7) is 0. The molecule has 3 aromatic carbocycles. The van der Waals surface area contributed by atoms with Gasteiger partial charge in [-0.25, -0.2) is 0 Å². The summed E-state index contributed by atoms with van der Waals surface area (Å²) in [5.74, 6) is 0. The van der Waals surface area contributed by atoms with E-state index in [0.717, 1.165) is 22.5 Å². The van der Waals surface area contributed by atoms with Crippen LogP contribution in [0.25, 0.3) is 33.2 Å². The van der Waals surface area contributed by atoms with Gasteiger partial charge in [-0.3, -0.25) is 4.98 Å². The number of benzene rings is 3. The molecule has 26 heavy (non-hydrogen) atoms. The molecule has 4 heteroatoms. The van der Waals surface area contributed by atoms with Gasteiger partial charge >= 0.3 is 6.18 Å². The second-order valence-electron chi connectivity index (χ2n) is 6.04. The van der Waals surface area contributed by atoms with Crippen molar-refractivity contribution in [1.82, 2.24) is 4.98 Å². The molecule has 0 radical (unpaired) electrons. The highest BCUT2D eigenvalue weighted by molar-refractivity contribution is 5.87. The third kappa shape index (κ3) is 3.06. The van der Waals surface area contributed by atoms with Crippen LogP contribution >= 0.6 is 0 Å². The number of hydrogen-bond acceptors (Lipinski definition) is 1. The predicted octanol–water partition coefficient (Wildman–Crippen LogP) is 6.59. The zero-order chi connectivity index (χ0) is 18.1. The molecular formula is C22H14F3N. The largest absolute Gasteiger partial charge is 0.418 e. The number of rotatable bonds is 2. The summed E-state index contributed by atoms with van der Waals surface area (Å²) < 4.78 is 40.3. The second kappa shape index (κ2) is 6.30. The lowest BCUT2D eigenvalue weighted by Crippen LogP contribution is -2.08. The molecule has 0 saturated heterocycles. The topological polar surface area (TPSA) is 12.9 Å². The zero-order valence-corrected chi connectivity index (χ0v) is 13.7. The smallest absolute Gasteiger partial charge is 0.256 e. The normalized spacial score (nSPS) is 11.7. The van der Waals surface area contributed by atoms with Crippen LogP contribution in [0.3, 0.4) is 0 Å². The number of aromatic nitrogens is 1. The Balaban J connectivity index is 1.90. The van der Waals surface area contributed by atoms with E-state index in [2.05, 4.69) is 4.98 Å². The Morgan fingerprint density at radius 3 is 2.08 bits per heavy atom. The van der Waals surface area contributed by atoms with Crippen LogP contribution in [0.4, 0.5) is 13.2 Å². The molecule has 4 aromatic rings. The SMILES string of the molecule is FC(F)(F)c1cnc(-c2ccc3ccccc3c2)cc1-c1ccccc1. The van der Waals surface area contributed by atoms with Crippen LogP contribution in [0.1, 0.15) is 5.56 Å². The van der Waals surface area contributed by atoms with Crippen molar-refractivity contribution in [2.24, 2.45) is 0 Å². The van der Waals surface area contributed by atoms with Crippen molar-refractivity contribution in [3.8, 4) is 22.4 Å². The van der Waals surface area contributed by atoms with Gasteiger partial charge in [0.15, 0.2) is 0 Å². The second-order valence-corrected chi connectivity index (χ2v) is 6.04. The van der Waals surface area contributed by atoms with E-state index in [1.165, 1.54) is 6.07 Å². The third-order valence-electron chi connectivity index (χ3n) is 4.34. The molecule has 0 fully saturated rings. The highest BCUT2D eigenvalue weighted by Crippen LogP contribution is 2.38. The maximum atomic E-state index is 13.4. The molecule has 0 unspecified atom stereocenters. The van der Waals surface area contributed by atoms with Crippen molar-refractivity contribution in [3.05, 3.63) is 90.6 Å². The van der Waals surface area contributed by atoms with Crippen molar-refractivity contribution in [3.63, 3.8) is 0 Å². The molecule has 1 nitrogen and oxygen atoms in total. The molecule has 0 bridgehead atoms. The molecule has 1 aromatic heterocycles. The maximum absolute atomic E-state index is 13.4. The highest BCUT2D eigenvalue weighted by Gasteiger charge is 2.34. The van der Waals surface area contributed by atoms with Crippen LogP contribution < -0.4 is 0 Å². The Labute approximate surface area is 148 Å². The van der Waals surface area contributed by atoms with Gasteiger partial charge in [0, 0.05) is 11.8 Å². The number of halogens is 3. The first-order chi connectivity index (χ1) is 12.5. The minimum absolute atomic E-state index is 0.135. The molecule has 0 N–H and O–H groups in total. The summed E-state index contributed by atoms with van der Waals surface area (Å²) in [6, 6.07) is 23.7. The van der Waals surface area contributed by atoms with Crippen molar-refractivity contribution >= 4 is 10.8 Å². The van der Waals surface area contributed by atoms with Crippen LogP contribution in [0.2, 0.25) is 0 Å². The van der Waals surface area contributed by atoms with E-state index in [1.54, 1.807) is 30.3 Å². The Hall–Kier alpha value is -3.14. The summed E-state index contributed by atoms with van der Waals surface area (Å²) in [4.78, 5) is 4.09. The minimum atomic E-state index is -4.46. The molecule has 1 heterocycles. The molecule has 0 spiro atoms. The van der Waals surface area contributed by atoms with Crippen molar-refractivity contribution < 1.29 is 13.2 Å². The molecule has 0 saturated carbocycles. The lowest BCUT2D eigenvalue weighted by molar-refractivity contribution is -0.137. The Morgan fingerprint density at radius 1 is 0.654 bits per heavy atom. The summed E-state index contributed by atoms with van der Waals surface area (Å²) in [6.07, 6.45) is -3.53. The van der Waals surface area contributed by atoms with Gasteiger partial charge in [0.2, 0.25) is 0 Å². The molecule has 0 atom stereocenters. The molecule has 0 aliphatic carbocycles. The first-order valence-electron chi connectivity index (χ1n) is 8.14. The van der Waals surface area contributed by atoms with Gasteiger partial charge < -0.3 is 0 Å². The van der Waals surface area contributed by atoms with E-state index in [1.807, 2.05) is 42.5 Å². The summed E-state index contributed by atoms with van der Waals surface area (Å²) in [5, 5.41) is 2.10. The fourth-order valence-corrected chi connectivity index (χ4v) is 3.04. The number of hydrogen-bond donors (Lipinski definition) is 0. The van der Waals surface area contributed by atoms with Crippen molar-refractivity contribution in [1.29, 1.82) is 0 Å². The standard InChI is InChI=1S/C22H14F3N/c23-22(24,25)20-14-26-21(13-19(20)16-7-2-1-3-8-16)18-11-10-15-6-4-5-9-17(15)12-18/h1-14H. The number of nitrogens with zero attached hydrogens (tertiary/aromatic N) is 1. The van der Waals surface area contributed by atoms with E-state index in [0.29, 0.717) is 11.3 Å². The molecule has 4 rings (SSSR count). The number of pyridine rings is 1. The van der Waals surface area contributed by atoms with Crippen LogP contribution in [-0.4, -0.2) is 4.98 Å². The van der Waals surface area contributed by atoms with Gasteiger partial charge in [-0.15, -0.1) is 0 Å². The van der Waals surface area contributed by atoms with Gasteiger partial charge in [-0.1, -0.05) is 66.7 Å². The Kier molecular flexibility index (Phi) is 3.96. The van der Waals surface area contributed by atoms with E-state index in [4.69, 9.17) is 0 Å². The average Bonchev–Trinajstić information content (AvgIpc) is 2.67. The van der Waals surface area contributed by atoms with Crippen LogP contribution in [0, 0.1) is 0 Å². The predicted molar refractivity (Wildman–Crippen MR) is 97.6 cm³/mol. The van der Waals surface area contributed by atoms with Gasteiger partial charge in [0.1, 0.15) is 0 Å². The van der Waals surface area contributed by atoms with Gasteiger partial charge in [0.05, 0.1) is 11.3 Å². The van der Waals surface area contributed by atoms with Gasteiger partial charge in [-0.2, -0.15) is 13.2 Å². The lowest BCUT2D eigenvalue weighted by atomic mass is 9.97. The maximum Gasteiger partial charge on any atom is 0.418 e. The number of fused-ring (bicyclic) bond motifs is 1. The monoisotopic (exact) mass is 349 g/mol. The lowest BCUT2D eigenvalue weighted by Gasteiger charge is -2.14. The quantitative estimate of drug-likeness (QED) is 0.398. The van der Waals surface area contributed by atoms with Crippen LogP contribution in [0.15, 0.2) is 85.1 Å². The molecule has 0 aliphatic heterocycles. The van der Waals surface area contributed by atoms with E-state index < -0.39 is 11.7 Å². The molecule has 128 valence electrons. The molecule has 0 aliphatic rings.